The first-order chi connectivity index (χ1) is 12.3. The first-order valence-corrected chi connectivity index (χ1v) is 7.84. The van der Waals surface area contributed by atoms with E-state index in [-0.39, 0.29) is 17.3 Å². The molecule has 0 spiro atoms. The summed E-state index contributed by atoms with van der Waals surface area (Å²) in [6, 6.07) is 5.91. The van der Waals surface area contributed by atoms with Crippen molar-refractivity contribution in [2.24, 2.45) is 0 Å². The molecule has 2 aromatic rings. The van der Waals surface area contributed by atoms with Crippen molar-refractivity contribution in [1.29, 1.82) is 0 Å². The lowest BCUT2D eigenvalue weighted by Gasteiger charge is -2.13. The zero-order chi connectivity index (χ0) is 19.3. The van der Waals surface area contributed by atoms with Gasteiger partial charge in [0.25, 0.3) is 11.6 Å². The van der Waals surface area contributed by atoms with Crippen molar-refractivity contribution < 1.29 is 14.5 Å². The largest absolute Gasteiger partial charge is 0.343 e. The fraction of sp³-hybridized carbons (Fsp3) is 0.235. The summed E-state index contributed by atoms with van der Waals surface area (Å²) in [6.07, 6.45) is 4.12. The van der Waals surface area contributed by atoms with E-state index in [4.69, 9.17) is 0 Å². The molecule has 0 aliphatic carbocycles. The van der Waals surface area contributed by atoms with E-state index in [2.05, 4.69) is 10.4 Å². The molecule has 2 amide bonds. The van der Waals surface area contributed by atoms with E-state index < -0.39 is 10.8 Å². The standard InChI is InChI=1S/C17H19N5O4/c1-4-21-16(17(24)20(2)3)14(11-18-21)19-15(23)9-8-12-6-5-7-13(10-12)22(25)26/h5-11H,4H2,1-3H3,(H,19,23)/b9-8+. The minimum atomic E-state index is -0.504. The molecule has 1 N–H and O–H groups in total. The van der Waals surface area contributed by atoms with Crippen LogP contribution in [-0.2, 0) is 11.3 Å². The molecule has 136 valence electrons. The molecule has 26 heavy (non-hydrogen) atoms. The number of carbonyl (C=O) groups excluding carboxylic acids is 2. The number of benzene rings is 1. The Hall–Kier alpha value is -3.49. The smallest absolute Gasteiger partial charge is 0.273 e. The van der Waals surface area contributed by atoms with Crippen molar-refractivity contribution in [3.05, 3.63) is 57.9 Å². The maximum Gasteiger partial charge on any atom is 0.273 e. The molecule has 9 heteroatoms. The van der Waals surface area contributed by atoms with Gasteiger partial charge in [0.15, 0.2) is 0 Å². The van der Waals surface area contributed by atoms with Gasteiger partial charge in [-0.05, 0) is 18.6 Å². The number of hydrogen-bond donors (Lipinski definition) is 1. The van der Waals surface area contributed by atoms with Crippen LogP contribution in [-0.4, -0.2) is 45.5 Å². The van der Waals surface area contributed by atoms with Crippen molar-refractivity contribution in [3.8, 4) is 0 Å². The number of non-ortho nitro benzene ring substituents is 1. The highest BCUT2D eigenvalue weighted by Gasteiger charge is 2.20. The lowest BCUT2D eigenvalue weighted by atomic mass is 10.2. The summed E-state index contributed by atoms with van der Waals surface area (Å²) < 4.78 is 1.50. The molecule has 0 fully saturated rings. The Kier molecular flexibility index (Phi) is 5.84. The fourth-order valence-electron chi connectivity index (χ4n) is 2.24. The second-order valence-corrected chi connectivity index (χ2v) is 5.60. The summed E-state index contributed by atoms with van der Waals surface area (Å²) >= 11 is 0. The van der Waals surface area contributed by atoms with Gasteiger partial charge in [0, 0.05) is 38.8 Å². The minimum absolute atomic E-state index is 0.0596. The third-order valence-electron chi connectivity index (χ3n) is 3.51. The highest BCUT2D eigenvalue weighted by atomic mass is 16.6. The average molecular weight is 357 g/mol. The topological polar surface area (TPSA) is 110 Å². The second kappa shape index (κ2) is 8.06. The van der Waals surface area contributed by atoms with Crippen LogP contribution in [0.2, 0.25) is 0 Å². The van der Waals surface area contributed by atoms with Crippen LogP contribution < -0.4 is 5.32 Å². The van der Waals surface area contributed by atoms with Crippen LogP contribution in [0.5, 0.6) is 0 Å². The van der Waals surface area contributed by atoms with Crippen LogP contribution in [0.15, 0.2) is 36.5 Å². The third kappa shape index (κ3) is 4.32. The van der Waals surface area contributed by atoms with Crippen LogP contribution >= 0.6 is 0 Å². The quantitative estimate of drug-likeness (QED) is 0.484. The van der Waals surface area contributed by atoms with E-state index in [1.165, 1.54) is 46.1 Å². The molecule has 0 bridgehead atoms. The molecule has 1 aromatic heterocycles. The van der Waals surface area contributed by atoms with Gasteiger partial charge in [-0.2, -0.15) is 5.10 Å². The number of nitrogens with zero attached hydrogens (tertiary/aromatic N) is 4. The number of carbonyl (C=O) groups is 2. The van der Waals surface area contributed by atoms with E-state index >= 15 is 0 Å². The molecule has 2 rings (SSSR count). The maximum absolute atomic E-state index is 12.3. The number of rotatable bonds is 6. The zero-order valence-corrected chi connectivity index (χ0v) is 14.7. The van der Waals surface area contributed by atoms with Gasteiger partial charge in [0.1, 0.15) is 5.69 Å². The van der Waals surface area contributed by atoms with Gasteiger partial charge in [0.2, 0.25) is 5.91 Å². The molecule has 1 aromatic carbocycles. The third-order valence-corrected chi connectivity index (χ3v) is 3.51. The van der Waals surface area contributed by atoms with Crippen molar-refractivity contribution in [2.45, 2.75) is 13.5 Å². The number of nitro benzene ring substituents is 1. The van der Waals surface area contributed by atoms with Crippen molar-refractivity contribution >= 4 is 29.3 Å². The molecule has 0 saturated heterocycles. The van der Waals surface area contributed by atoms with Gasteiger partial charge in [-0.25, -0.2) is 0 Å². The van der Waals surface area contributed by atoms with Gasteiger partial charge in [-0.1, -0.05) is 12.1 Å². The maximum atomic E-state index is 12.3. The highest BCUT2D eigenvalue weighted by molar-refractivity contribution is 6.06. The molecule has 0 atom stereocenters. The first kappa shape index (κ1) is 18.8. The number of aryl methyl sites for hydroxylation is 1. The number of nitrogens with one attached hydrogen (secondary N) is 1. The monoisotopic (exact) mass is 357 g/mol. The van der Waals surface area contributed by atoms with E-state index in [1.807, 2.05) is 6.92 Å². The second-order valence-electron chi connectivity index (χ2n) is 5.60. The summed E-state index contributed by atoms with van der Waals surface area (Å²) in [4.78, 5) is 36.1. The summed E-state index contributed by atoms with van der Waals surface area (Å²) in [5.41, 5.74) is 1.05. The number of aromatic nitrogens is 2. The van der Waals surface area contributed by atoms with E-state index in [0.717, 1.165) is 0 Å². The van der Waals surface area contributed by atoms with Crippen molar-refractivity contribution in [2.75, 3.05) is 19.4 Å². The predicted octanol–water partition coefficient (Wildman–Crippen LogP) is 2.16. The van der Waals surface area contributed by atoms with Gasteiger partial charge < -0.3 is 10.2 Å². The molecular formula is C17H19N5O4. The van der Waals surface area contributed by atoms with Crippen molar-refractivity contribution in [3.63, 3.8) is 0 Å². The Labute approximate surface area is 150 Å². The van der Waals surface area contributed by atoms with Crippen molar-refractivity contribution in [1.82, 2.24) is 14.7 Å². The highest BCUT2D eigenvalue weighted by Crippen LogP contribution is 2.18. The average Bonchev–Trinajstić information content (AvgIpc) is 3.01. The Morgan fingerprint density at radius 3 is 2.73 bits per heavy atom. The van der Waals surface area contributed by atoms with Gasteiger partial charge >= 0.3 is 0 Å². The zero-order valence-electron chi connectivity index (χ0n) is 14.7. The normalized spacial score (nSPS) is 10.7. The minimum Gasteiger partial charge on any atom is -0.343 e. The fourth-order valence-corrected chi connectivity index (χ4v) is 2.24. The van der Waals surface area contributed by atoms with E-state index in [0.29, 0.717) is 17.8 Å². The molecular weight excluding hydrogens is 338 g/mol. The lowest BCUT2D eigenvalue weighted by Crippen LogP contribution is -2.26. The van der Waals surface area contributed by atoms with Crippen LogP contribution in [0.4, 0.5) is 11.4 Å². The van der Waals surface area contributed by atoms with Gasteiger partial charge in [-0.15, -0.1) is 0 Å². The molecule has 0 unspecified atom stereocenters. The molecule has 1 heterocycles. The van der Waals surface area contributed by atoms with Crippen LogP contribution in [0.1, 0.15) is 23.0 Å². The predicted molar refractivity (Wildman–Crippen MR) is 96.7 cm³/mol. The summed E-state index contributed by atoms with van der Waals surface area (Å²) in [5, 5.41) is 17.5. The number of hydrogen-bond acceptors (Lipinski definition) is 5. The molecule has 0 aliphatic heterocycles. The summed E-state index contributed by atoms with van der Waals surface area (Å²) in [6.45, 7) is 2.32. The number of anilines is 1. The Balaban J connectivity index is 2.18. The molecule has 0 saturated carbocycles. The van der Waals surface area contributed by atoms with E-state index in [9.17, 15) is 19.7 Å². The van der Waals surface area contributed by atoms with Crippen LogP contribution in [0.3, 0.4) is 0 Å². The lowest BCUT2D eigenvalue weighted by molar-refractivity contribution is -0.384. The SMILES string of the molecule is CCn1ncc(NC(=O)/C=C/c2cccc([N+](=O)[O-])c2)c1C(=O)N(C)C. The first-order valence-electron chi connectivity index (χ1n) is 7.84. The Morgan fingerprint density at radius 1 is 1.38 bits per heavy atom. The molecule has 0 radical (unpaired) electrons. The Bertz CT molecular complexity index is 870. The molecule has 0 aliphatic rings. The van der Waals surface area contributed by atoms with Crippen LogP contribution in [0.25, 0.3) is 6.08 Å². The summed E-state index contributed by atoms with van der Waals surface area (Å²) in [5.74, 6) is -0.748. The van der Waals surface area contributed by atoms with Gasteiger partial charge in [0.05, 0.1) is 16.8 Å². The molecule has 9 nitrogen and oxygen atoms in total. The Morgan fingerprint density at radius 2 is 2.12 bits per heavy atom. The summed E-state index contributed by atoms with van der Waals surface area (Å²) in [7, 11) is 3.23. The van der Waals surface area contributed by atoms with Crippen LogP contribution in [0, 0.1) is 10.1 Å². The van der Waals surface area contributed by atoms with E-state index in [1.54, 1.807) is 20.2 Å². The number of amides is 2. The number of nitro groups is 1. The van der Waals surface area contributed by atoms with Gasteiger partial charge in [-0.3, -0.25) is 24.4 Å².